The van der Waals surface area contributed by atoms with Crippen molar-refractivity contribution in [3.8, 4) is 10.4 Å². The van der Waals surface area contributed by atoms with Crippen molar-refractivity contribution in [3.63, 3.8) is 0 Å². The molecule has 0 bridgehead atoms. The number of rotatable bonds is 11. The van der Waals surface area contributed by atoms with Gasteiger partial charge in [0.05, 0.1) is 33.4 Å². The van der Waals surface area contributed by atoms with Gasteiger partial charge in [-0.2, -0.15) is 0 Å². The predicted molar refractivity (Wildman–Crippen MR) is 199 cm³/mol. The maximum Gasteiger partial charge on any atom is 0.246 e. The second kappa shape index (κ2) is 14.9. The van der Waals surface area contributed by atoms with Crippen molar-refractivity contribution < 1.29 is 19.1 Å². The third-order valence-electron chi connectivity index (χ3n) is 9.34. The Morgan fingerprint density at radius 2 is 1.46 bits per heavy atom. The molecular weight excluding hydrogens is 668 g/mol. The number of hydrogen-bond acceptors (Lipinski definition) is 7. The van der Waals surface area contributed by atoms with E-state index in [1.165, 1.54) is 11.8 Å². The van der Waals surface area contributed by atoms with E-state index in [9.17, 15) is 14.7 Å². The molecule has 1 saturated heterocycles. The minimum absolute atomic E-state index is 0.128. The normalized spacial score (nSPS) is 18.5. The van der Waals surface area contributed by atoms with Crippen molar-refractivity contribution >= 4 is 34.9 Å². The van der Waals surface area contributed by atoms with Crippen LogP contribution in [0.25, 0.3) is 10.4 Å². The van der Waals surface area contributed by atoms with Crippen molar-refractivity contribution in [1.29, 1.82) is 0 Å². The van der Waals surface area contributed by atoms with Gasteiger partial charge in [-0.15, -0.1) is 23.1 Å². The number of aromatic nitrogens is 1. The Morgan fingerprint density at radius 3 is 1.94 bits per heavy atom. The van der Waals surface area contributed by atoms with Gasteiger partial charge in [0.2, 0.25) is 11.8 Å². The van der Waals surface area contributed by atoms with E-state index >= 15 is 4.39 Å². The molecule has 4 N–H and O–H groups in total. The number of benzene rings is 4. The molecule has 50 heavy (non-hydrogen) atoms. The number of hydrogen-bond donors (Lipinski definition) is 3. The highest BCUT2D eigenvalue weighted by Crippen LogP contribution is 2.54. The minimum Gasteiger partial charge on any atom is -0.388 e. The number of carbonyl (C=O) groups excluding carboxylic acids is 2. The lowest BCUT2D eigenvalue weighted by molar-refractivity contribution is -0.141. The molecule has 2 amide bonds. The van der Waals surface area contributed by atoms with Crippen LogP contribution in [0.5, 0.6) is 0 Å². The van der Waals surface area contributed by atoms with Gasteiger partial charge < -0.3 is 21.1 Å². The zero-order valence-corrected chi connectivity index (χ0v) is 29.8. The van der Waals surface area contributed by atoms with E-state index < -0.39 is 45.7 Å². The van der Waals surface area contributed by atoms with E-state index in [0.717, 1.165) is 43.3 Å². The second-order valence-corrected chi connectivity index (χ2v) is 15.8. The van der Waals surface area contributed by atoms with Gasteiger partial charge in [0.15, 0.2) is 6.17 Å². The Balaban J connectivity index is 1.25. The van der Waals surface area contributed by atoms with Gasteiger partial charge in [-0.3, -0.25) is 9.59 Å². The summed E-state index contributed by atoms with van der Waals surface area (Å²) in [5.74, 6) is -1.29. The van der Waals surface area contributed by atoms with E-state index in [1.54, 1.807) is 16.8 Å². The van der Waals surface area contributed by atoms with Gasteiger partial charge in [-0.05, 0) is 48.6 Å². The third-order valence-corrected chi connectivity index (χ3v) is 12.1. The van der Waals surface area contributed by atoms with Crippen LogP contribution in [0.1, 0.15) is 41.8 Å². The summed E-state index contributed by atoms with van der Waals surface area (Å²) in [6, 6.07) is 35.2. The van der Waals surface area contributed by atoms with Gasteiger partial charge in [0.1, 0.15) is 12.1 Å². The molecule has 1 aliphatic rings. The molecule has 10 heteroatoms. The number of thioether (sulfide) groups is 1. The van der Waals surface area contributed by atoms with Crippen LogP contribution >= 0.6 is 23.1 Å². The summed E-state index contributed by atoms with van der Waals surface area (Å²) >= 11 is 3.09. The van der Waals surface area contributed by atoms with Crippen molar-refractivity contribution in [2.75, 3.05) is 6.54 Å². The Hall–Kier alpha value is -4.35. The van der Waals surface area contributed by atoms with E-state index in [0.29, 0.717) is 0 Å². The molecule has 0 radical (unpaired) electrons. The largest absolute Gasteiger partial charge is 0.388 e. The maximum absolute atomic E-state index is 15.6. The average molecular weight is 709 g/mol. The lowest BCUT2D eigenvalue weighted by Gasteiger charge is -2.44. The molecule has 5 aromatic rings. The molecule has 1 fully saturated rings. The van der Waals surface area contributed by atoms with Crippen LogP contribution in [0.4, 0.5) is 4.39 Å². The number of nitrogens with two attached hydrogens (primary N) is 1. The molecule has 4 atom stereocenters. The smallest absolute Gasteiger partial charge is 0.246 e. The summed E-state index contributed by atoms with van der Waals surface area (Å²) < 4.78 is 13.8. The number of aryl methyl sites for hydroxylation is 1. The van der Waals surface area contributed by atoms with Gasteiger partial charge in [0, 0.05) is 11.3 Å². The molecule has 6 rings (SSSR count). The van der Waals surface area contributed by atoms with E-state index in [4.69, 9.17) is 5.73 Å². The highest BCUT2D eigenvalue weighted by Gasteiger charge is 2.52. The van der Waals surface area contributed by atoms with Crippen molar-refractivity contribution in [3.05, 3.63) is 149 Å². The number of amides is 2. The summed E-state index contributed by atoms with van der Waals surface area (Å²) in [6.45, 7) is 5.54. The molecule has 1 aromatic heterocycles. The number of alkyl halides is 1. The monoisotopic (exact) mass is 708 g/mol. The molecule has 2 heterocycles. The SMILES string of the molecule is Cc1ncsc1-c1ccc(CNC(=O)[C@@H]2[C@@H](F)[C@@H](O)CN2C(=O)[C@@H](N)C(C)(C)SC(c2ccccc2)(c2ccccc2)c2ccccc2)cc1. The van der Waals surface area contributed by atoms with Crippen molar-refractivity contribution in [1.82, 2.24) is 15.2 Å². The number of carbonyl (C=O) groups is 2. The maximum atomic E-state index is 15.6. The highest BCUT2D eigenvalue weighted by atomic mass is 32.2. The van der Waals surface area contributed by atoms with Crippen molar-refractivity contribution in [2.45, 2.75) is 61.2 Å². The summed E-state index contributed by atoms with van der Waals surface area (Å²) in [4.78, 5) is 34.3. The van der Waals surface area contributed by atoms with Gasteiger partial charge in [-0.1, -0.05) is 115 Å². The number of thiazole rings is 1. The summed E-state index contributed by atoms with van der Waals surface area (Å²) in [5.41, 5.74) is 14.4. The molecule has 258 valence electrons. The number of β-amino-alcohol motifs (C(OH)–C–C–N with tert-alkyl or cyclic N) is 1. The Labute approximate surface area is 300 Å². The highest BCUT2D eigenvalue weighted by molar-refractivity contribution is 8.02. The zero-order valence-electron chi connectivity index (χ0n) is 28.2. The fourth-order valence-electron chi connectivity index (χ4n) is 6.59. The van der Waals surface area contributed by atoms with Crippen molar-refractivity contribution in [2.24, 2.45) is 5.73 Å². The van der Waals surface area contributed by atoms with Crippen LogP contribution in [-0.4, -0.2) is 62.5 Å². The van der Waals surface area contributed by atoms with Crippen LogP contribution in [0.15, 0.2) is 121 Å². The minimum atomic E-state index is -1.96. The van der Waals surface area contributed by atoms with Gasteiger partial charge in [-0.25, -0.2) is 9.37 Å². The van der Waals surface area contributed by atoms with Crippen LogP contribution in [0.2, 0.25) is 0 Å². The summed E-state index contributed by atoms with van der Waals surface area (Å²) in [7, 11) is 0. The lowest BCUT2D eigenvalue weighted by Crippen LogP contribution is -2.58. The number of likely N-dealkylation sites (tertiary alicyclic amines) is 1. The Kier molecular flexibility index (Phi) is 10.5. The van der Waals surface area contributed by atoms with E-state index in [2.05, 4.69) is 46.7 Å². The standard InChI is InChI=1S/C40H41FN4O3S2/c1-26-35(49-25-44-26)28-21-19-27(20-22-28)23-43-37(47)34-33(41)32(46)24-45(34)38(48)36(42)39(2,3)50-40(29-13-7-4-8-14-29,30-15-9-5-10-16-30)31-17-11-6-12-18-31/h4-22,25,32-34,36,46H,23-24,42H2,1-3H3,(H,43,47)/t32-,33-,34-,36+/m0/s1. The first-order valence-electron chi connectivity index (χ1n) is 16.5. The molecule has 0 spiro atoms. The second-order valence-electron chi connectivity index (χ2n) is 13.1. The summed E-state index contributed by atoms with van der Waals surface area (Å²) in [5, 5.41) is 13.4. The molecule has 0 saturated carbocycles. The number of halogens is 1. The lowest BCUT2D eigenvalue weighted by atomic mass is 9.84. The summed E-state index contributed by atoms with van der Waals surface area (Å²) in [6.07, 6.45) is -3.48. The van der Waals surface area contributed by atoms with E-state index in [-0.39, 0.29) is 13.1 Å². The fourth-order valence-corrected chi connectivity index (χ4v) is 9.18. The van der Waals surface area contributed by atoms with Crippen LogP contribution in [0.3, 0.4) is 0 Å². The molecular formula is C40H41FN4O3S2. The predicted octanol–water partition coefficient (Wildman–Crippen LogP) is 6.48. The zero-order chi connectivity index (χ0) is 35.5. The number of aliphatic hydroxyl groups is 1. The first kappa shape index (κ1) is 35.5. The first-order valence-corrected chi connectivity index (χ1v) is 18.2. The van der Waals surface area contributed by atoms with Crippen LogP contribution < -0.4 is 11.1 Å². The van der Waals surface area contributed by atoms with Gasteiger partial charge in [0.25, 0.3) is 0 Å². The third kappa shape index (κ3) is 6.98. The first-order chi connectivity index (χ1) is 24.0. The average Bonchev–Trinajstić information content (AvgIpc) is 3.71. The number of nitrogens with one attached hydrogen (secondary N) is 1. The molecule has 7 nitrogen and oxygen atoms in total. The fraction of sp³-hybridized carbons (Fsp3) is 0.275. The van der Waals surface area contributed by atoms with E-state index in [1.807, 2.05) is 99.6 Å². The molecule has 0 unspecified atom stereocenters. The topological polar surface area (TPSA) is 109 Å². The quantitative estimate of drug-likeness (QED) is 0.136. The number of nitrogens with zero attached hydrogens (tertiary/aromatic N) is 2. The van der Waals surface area contributed by atoms with Crippen LogP contribution in [0, 0.1) is 6.92 Å². The van der Waals surface area contributed by atoms with Gasteiger partial charge >= 0.3 is 0 Å². The molecule has 1 aliphatic heterocycles. The number of aliphatic hydroxyl groups excluding tert-OH is 1. The van der Waals surface area contributed by atoms with Crippen LogP contribution in [-0.2, 0) is 20.9 Å². The Morgan fingerprint density at radius 1 is 0.940 bits per heavy atom. The molecule has 4 aromatic carbocycles. The Bertz CT molecular complexity index is 1810. The molecule has 0 aliphatic carbocycles.